The zero-order valence-corrected chi connectivity index (χ0v) is 14.4. The molecule has 134 valence electrons. The average molecular weight is 344 g/mol. The zero-order valence-electron chi connectivity index (χ0n) is 14.4. The fourth-order valence-corrected chi connectivity index (χ4v) is 4.25. The molecule has 0 radical (unpaired) electrons. The molecule has 1 aromatic rings. The molecule has 1 aromatic heterocycles. The van der Waals surface area contributed by atoms with Crippen molar-refractivity contribution in [2.24, 2.45) is 5.92 Å². The molecule has 7 heteroatoms. The maximum Gasteiger partial charge on any atom is 0.179 e. The number of rotatable bonds is 3. The largest absolute Gasteiger partial charge is 0.357 e. The van der Waals surface area contributed by atoms with Gasteiger partial charge < -0.3 is 9.80 Å². The third-order valence-electron chi connectivity index (χ3n) is 5.70. The van der Waals surface area contributed by atoms with Crippen LogP contribution in [0, 0.1) is 17.4 Å². The molecule has 4 unspecified atom stereocenters. The SMILES string of the molecule is N#CN1CCC(C2NNC(c3cccc(N4CCCCC4)n3)C2F)C1. The molecule has 3 saturated heterocycles. The van der Waals surface area contributed by atoms with Crippen molar-refractivity contribution < 1.29 is 4.39 Å². The third kappa shape index (κ3) is 3.29. The minimum Gasteiger partial charge on any atom is -0.357 e. The van der Waals surface area contributed by atoms with Gasteiger partial charge in [0, 0.05) is 26.2 Å². The number of alkyl halides is 1. The molecule has 0 spiro atoms. The number of nitriles is 1. The second-order valence-corrected chi connectivity index (χ2v) is 7.30. The van der Waals surface area contributed by atoms with Crippen molar-refractivity contribution >= 4 is 5.82 Å². The van der Waals surface area contributed by atoms with Gasteiger partial charge in [-0.1, -0.05) is 6.07 Å². The van der Waals surface area contributed by atoms with Crippen LogP contribution in [0.1, 0.15) is 37.4 Å². The van der Waals surface area contributed by atoms with Crippen LogP contribution in [0.15, 0.2) is 18.2 Å². The van der Waals surface area contributed by atoms with Gasteiger partial charge in [-0.05, 0) is 43.7 Å². The van der Waals surface area contributed by atoms with E-state index in [1.54, 1.807) is 4.90 Å². The Morgan fingerprint density at radius 1 is 1.16 bits per heavy atom. The normalized spacial score (nSPS) is 32.8. The predicted octanol–water partition coefficient (Wildman–Crippen LogP) is 1.73. The first-order chi connectivity index (χ1) is 12.3. The van der Waals surface area contributed by atoms with Crippen LogP contribution in [0.5, 0.6) is 0 Å². The molecule has 2 N–H and O–H groups in total. The third-order valence-corrected chi connectivity index (χ3v) is 5.70. The number of anilines is 1. The lowest BCUT2D eigenvalue weighted by Crippen LogP contribution is -2.39. The van der Waals surface area contributed by atoms with Gasteiger partial charge in [-0.25, -0.2) is 14.8 Å². The van der Waals surface area contributed by atoms with Gasteiger partial charge in [-0.3, -0.25) is 5.43 Å². The summed E-state index contributed by atoms with van der Waals surface area (Å²) in [5.41, 5.74) is 6.98. The molecule has 0 saturated carbocycles. The number of hydrogen-bond acceptors (Lipinski definition) is 6. The summed E-state index contributed by atoms with van der Waals surface area (Å²) >= 11 is 0. The number of hydrazine groups is 1. The fraction of sp³-hybridized carbons (Fsp3) is 0.667. The van der Waals surface area contributed by atoms with Gasteiger partial charge in [0.1, 0.15) is 12.0 Å². The molecule has 3 fully saturated rings. The van der Waals surface area contributed by atoms with Crippen LogP contribution in [-0.2, 0) is 0 Å². The summed E-state index contributed by atoms with van der Waals surface area (Å²) in [4.78, 5) is 8.75. The van der Waals surface area contributed by atoms with Gasteiger partial charge in [-0.2, -0.15) is 5.26 Å². The van der Waals surface area contributed by atoms with Crippen LogP contribution in [0.4, 0.5) is 10.2 Å². The van der Waals surface area contributed by atoms with Crippen LogP contribution in [0.3, 0.4) is 0 Å². The summed E-state index contributed by atoms with van der Waals surface area (Å²) in [6.07, 6.45) is 5.63. The standard InChI is InChI=1S/C18H25FN6/c19-16-17(13-7-10-24(11-13)12-20)22-23-18(16)14-5-4-6-15(21-14)25-8-2-1-3-9-25/h4-6,13,16-18,22-23H,1-3,7-11H2. The Kier molecular flexibility index (Phi) is 4.73. The van der Waals surface area contributed by atoms with E-state index in [1.165, 1.54) is 19.3 Å². The van der Waals surface area contributed by atoms with Crippen molar-refractivity contribution in [3.63, 3.8) is 0 Å². The van der Waals surface area contributed by atoms with Gasteiger partial charge in [0.15, 0.2) is 6.19 Å². The highest BCUT2D eigenvalue weighted by Crippen LogP contribution is 2.32. The first kappa shape index (κ1) is 16.6. The molecular formula is C18H25FN6. The number of aromatic nitrogens is 1. The maximum atomic E-state index is 15.1. The average Bonchev–Trinajstić information content (AvgIpc) is 3.29. The minimum absolute atomic E-state index is 0.150. The van der Waals surface area contributed by atoms with Crippen molar-refractivity contribution in [1.82, 2.24) is 20.7 Å². The van der Waals surface area contributed by atoms with Crippen molar-refractivity contribution in [3.05, 3.63) is 23.9 Å². The van der Waals surface area contributed by atoms with Crippen molar-refractivity contribution in [2.45, 2.75) is 43.9 Å². The minimum atomic E-state index is -1.05. The van der Waals surface area contributed by atoms with Crippen molar-refractivity contribution in [2.75, 3.05) is 31.1 Å². The molecule has 3 aliphatic heterocycles. The van der Waals surface area contributed by atoms with Crippen LogP contribution in [0.25, 0.3) is 0 Å². The predicted molar refractivity (Wildman–Crippen MR) is 93.3 cm³/mol. The second kappa shape index (κ2) is 7.14. The summed E-state index contributed by atoms with van der Waals surface area (Å²) < 4.78 is 15.1. The van der Waals surface area contributed by atoms with E-state index in [-0.39, 0.29) is 12.0 Å². The Balaban J connectivity index is 1.46. The summed E-state index contributed by atoms with van der Waals surface area (Å²) in [6.45, 7) is 3.41. The summed E-state index contributed by atoms with van der Waals surface area (Å²) in [7, 11) is 0. The van der Waals surface area contributed by atoms with E-state index in [9.17, 15) is 0 Å². The molecule has 0 aromatic carbocycles. The molecule has 4 rings (SSSR count). The molecule has 3 aliphatic rings. The van der Waals surface area contributed by atoms with Gasteiger partial charge in [0.05, 0.1) is 17.8 Å². The lowest BCUT2D eigenvalue weighted by molar-refractivity contribution is 0.227. The number of piperidine rings is 1. The zero-order chi connectivity index (χ0) is 17.2. The van der Waals surface area contributed by atoms with Gasteiger partial charge in [0.2, 0.25) is 0 Å². The number of nitrogens with zero attached hydrogens (tertiary/aromatic N) is 4. The molecule has 4 heterocycles. The van der Waals surface area contributed by atoms with Crippen LogP contribution in [0.2, 0.25) is 0 Å². The van der Waals surface area contributed by atoms with Crippen LogP contribution in [-0.4, -0.2) is 48.3 Å². The highest BCUT2D eigenvalue weighted by atomic mass is 19.1. The molecule has 0 aliphatic carbocycles. The molecule has 0 bridgehead atoms. The van der Waals surface area contributed by atoms with E-state index in [0.717, 1.165) is 37.6 Å². The lowest BCUT2D eigenvalue weighted by atomic mass is 9.92. The number of pyridine rings is 1. The first-order valence-electron chi connectivity index (χ1n) is 9.28. The van der Waals surface area contributed by atoms with Gasteiger partial charge >= 0.3 is 0 Å². The Morgan fingerprint density at radius 2 is 2.00 bits per heavy atom. The summed E-state index contributed by atoms with van der Waals surface area (Å²) in [5, 5.41) is 9.01. The van der Waals surface area contributed by atoms with Crippen LogP contribution < -0.4 is 15.8 Å². The van der Waals surface area contributed by atoms with E-state index in [1.807, 2.05) is 18.2 Å². The quantitative estimate of drug-likeness (QED) is 0.814. The Labute approximate surface area is 148 Å². The molecule has 0 amide bonds. The monoisotopic (exact) mass is 344 g/mol. The fourth-order valence-electron chi connectivity index (χ4n) is 4.25. The maximum absolute atomic E-state index is 15.1. The van der Waals surface area contributed by atoms with Gasteiger partial charge in [0.25, 0.3) is 0 Å². The molecule has 4 atom stereocenters. The van der Waals surface area contributed by atoms with Crippen molar-refractivity contribution in [3.8, 4) is 6.19 Å². The van der Waals surface area contributed by atoms with Gasteiger partial charge in [-0.15, -0.1) is 0 Å². The number of nitrogens with one attached hydrogen (secondary N) is 2. The molecule has 25 heavy (non-hydrogen) atoms. The Bertz CT molecular complexity index is 641. The Hall–Kier alpha value is -1.91. The number of halogens is 1. The second-order valence-electron chi connectivity index (χ2n) is 7.30. The highest BCUT2D eigenvalue weighted by Gasteiger charge is 2.44. The van der Waals surface area contributed by atoms with E-state index in [2.05, 4.69) is 21.9 Å². The Morgan fingerprint density at radius 3 is 2.76 bits per heavy atom. The van der Waals surface area contributed by atoms with E-state index >= 15 is 4.39 Å². The molecular weight excluding hydrogens is 319 g/mol. The molecule has 6 nitrogen and oxygen atoms in total. The number of hydrogen-bond donors (Lipinski definition) is 2. The lowest BCUT2D eigenvalue weighted by Gasteiger charge is -2.28. The van der Waals surface area contributed by atoms with Crippen LogP contribution >= 0.6 is 0 Å². The highest BCUT2D eigenvalue weighted by molar-refractivity contribution is 5.40. The smallest absolute Gasteiger partial charge is 0.179 e. The first-order valence-corrected chi connectivity index (χ1v) is 9.28. The van der Waals surface area contributed by atoms with E-state index in [0.29, 0.717) is 6.54 Å². The summed E-state index contributed by atoms with van der Waals surface area (Å²) in [6, 6.07) is 5.18. The van der Waals surface area contributed by atoms with Crippen molar-refractivity contribution in [1.29, 1.82) is 5.26 Å². The topological polar surface area (TPSA) is 67.2 Å². The summed E-state index contributed by atoms with van der Waals surface area (Å²) in [5.74, 6) is 1.10. The number of likely N-dealkylation sites (tertiary alicyclic amines) is 1. The van der Waals surface area contributed by atoms with E-state index < -0.39 is 12.2 Å². The van der Waals surface area contributed by atoms with E-state index in [4.69, 9.17) is 10.2 Å².